The van der Waals surface area contributed by atoms with E-state index in [-0.39, 0.29) is 11.9 Å². The Morgan fingerprint density at radius 2 is 2.13 bits per heavy atom. The van der Waals surface area contributed by atoms with Gasteiger partial charge in [-0.15, -0.1) is 0 Å². The molecule has 1 atom stereocenters. The van der Waals surface area contributed by atoms with Crippen LogP contribution < -0.4 is 0 Å². The summed E-state index contributed by atoms with van der Waals surface area (Å²) in [7, 11) is 0. The van der Waals surface area contributed by atoms with Crippen LogP contribution >= 0.6 is 0 Å². The van der Waals surface area contributed by atoms with Crippen LogP contribution in [0.5, 0.6) is 0 Å². The fourth-order valence-corrected chi connectivity index (χ4v) is 2.12. The van der Waals surface area contributed by atoms with Gasteiger partial charge in [0.05, 0.1) is 6.26 Å². The van der Waals surface area contributed by atoms with Gasteiger partial charge in [0, 0.05) is 5.56 Å². The number of hydrogen-bond donors (Lipinski definition) is 0. The SMILES string of the molecule is O=C1c2ccccc2CC2=CC=COC12. The monoisotopic (exact) mass is 198 g/mol. The number of ether oxygens (including phenoxy) is 1. The van der Waals surface area contributed by atoms with Crippen molar-refractivity contribution in [2.45, 2.75) is 12.5 Å². The van der Waals surface area contributed by atoms with Gasteiger partial charge >= 0.3 is 0 Å². The molecule has 0 saturated heterocycles. The third-order valence-electron chi connectivity index (χ3n) is 2.86. The van der Waals surface area contributed by atoms with Crippen LogP contribution in [0.15, 0.2) is 48.3 Å². The minimum Gasteiger partial charge on any atom is -0.485 e. The molecule has 2 nitrogen and oxygen atoms in total. The average Bonchev–Trinajstić information content (AvgIpc) is 2.30. The molecule has 1 aliphatic heterocycles. The highest BCUT2D eigenvalue weighted by Gasteiger charge is 2.32. The molecule has 1 unspecified atom stereocenters. The summed E-state index contributed by atoms with van der Waals surface area (Å²) in [6.07, 6.45) is 5.83. The number of allylic oxidation sites excluding steroid dienone is 2. The second kappa shape index (κ2) is 3.09. The van der Waals surface area contributed by atoms with Gasteiger partial charge in [0.15, 0.2) is 6.10 Å². The highest BCUT2D eigenvalue weighted by atomic mass is 16.5. The molecule has 2 aliphatic rings. The van der Waals surface area contributed by atoms with E-state index in [1.165, 1.54) is 0 Å². The number of Topliss-reactive ketones (excluding diaryl/α,β-unsaturated/α-hetero) is 1. The normalized spacial score (nSPS) is 22.5. The van der Waals surface area contributed by atoms with E-state index in [1.54, 1.807) is 6.26 Å². The Labute approximate surface area is 87.9 Å². The van der Waals surface area contributed by atoms with E-state index in [9.17, 15) is 4.79 Å². The maximum atomic E-state index is 12.1. The zero-order chi connectivity index (χ0) is 10.3. The van der Waals surface area contributed by atoms with Crippen molar-refractivity contribution < 1.29 is 9.53 Å². The summed E-state index contributed by atoms with van der Waals surface area (Å²) in [6.45, 7) is 0. The second-order valence-electron chi connectivity index (χ2n) is 3.78. The summed E-state index contributed by atoms with van der Waals surface area (Å²) >= 11 is 0. The Hall–Kier alpha value is -1.83. The van der Waals surface area contributed by atoms with Crippen LogP contribution in [0.25, 0.3) is 0 Å². The standard InChI is InChI=1S/C13H10O2/c14-12-11-6-2-1-4-9(11)8-10-5-3-7-15-13(10)12/h1-7,13H,8H2. The number of benzene rings is 1. The van der Waals surface area contributed by atoms with Crippen molar-refractivity contribution in [2.24, 2.45) is 0 Å². The molecule has 0 aromatic heterocycles. The zero-order valence-electron chi connectivity index (χ0n) is 8.14. The van der Waals surface area contributed by atoms with E-state index in [4.69, 9.17) is 4.74 Å². The summed E-state index contributed by atoms with van der Waals surface area (Å²) < 4.78 is 5.35. The quantitative estimate of drug-likeness (QED) is 0.639. The summed E-state index contributed by atoms with van der Waals surface area (Å²) in [5.74, 6) is 0.0763. The number of rotatable bonds is 0. The molecule has 0 N–H and O–H groups in total. The van der Waals surface area contributed by atoms with Gasteiger partial charge in [-0.25, -0.2) is 0 Å². The lowest BCUT2D eigenvalue weighted by atomic mass is 9.84. The van der Waals surface area contributed by atoms with Gasteiger partial charge in [-0.1, -0.05) is 30.3 Å². The Morgan fingerprint density at radius 1 is 1.27 bits per heavy atom. The first-order chi connectivity index (χ1) is 7.36. The molecule has 1 aromatic carbocycles. The third-order valence-corrected chi connectivity index (χ3v) is 2.86. The Kier molecular flexibility index (Phi) is 1.75. The van der Waals surface area contributed by atoms with Gasteiger partial charge in [-0.2, -0.15) is 0 Å². The predicted molar refractivity (Wildman–Crippen MR) is 56.6 cm³/mol. The highest BCUT2D eigenvalue weighted by molar-refractivity contribution is 6.04. The number of fused-ring (bicyclic) bond motifs is 2. The third kappa shape index (κ3) is 1.22. The van der Waals surface area contributed by atoms with Crippen LogP contribution in [0.1, 0.15) is 15.9 Å². The molecule has 0 fully saturated rings. The molecular formula is C13H10O2. The van der Waals surface area contributed by atoms with Crippen LogP contribution in [0.4, 0.5) is 0 Å². The molecule has 0 radical (unpaired) electrons. The molecule has 0 amide bonds. The van der Waals surface area contributed by atoms with Crippen molar-refractivity contribution in [1.82, 2.24) is 0 Å². The second-order valence-corrected chi connectivity index (χ2v) is 3.78. The summed E-state index contributed by atoms with van der Waals surface area (Å²) in [6, 6.07) is 7.73. The molecule has 1 aromatic rings. The molecular weight excluding hydrogens is 188 g/mol. The van der Waals surface area contributed by atoms with Crippen LogP contribution in [0, 0.1) is 0 Å². The van der Waals surface area contributed by atoms with Crippen molar-refractivity contribution in [3.05, 3.63) is 59.4 Å². The number of hydrogen-bond acceptors (Lipinski definition) is 2. The van der Waals surface area contributed by atoms with E-state index in [2.05, 4.69) is 0 Å². The minimum atomic E-state index is -0.384. The molecule has 1 aliphatic carbocycles. The Morgan fingerprint density at radius 3 is 3.07 bits per heavy atom. The first kappa shape index (κ1) is 8.48. The minimum absolute atomic E-state index is 0.0763. The van der Waals surface area contributed by atoms with Crippen LogP contribution in [-0.2, 0) is 11.2 Å². The summed E-state index contributed by atoms with van der Waals surface area (Å²) in [5, 5.41) is 0. The molecule has 0 bridgehead atoms. The highest BCUT2D eigenvalue weighted by Crippen LogP contribution is 2.28. The van der Waals surface area contributed by atoms with E-state index >= 15 is 0 Å². The number of carbonyl (C=O) groups excluding carboxylic acids is 1. The topological polar surface area (TPSA) is 26.3 Å². The van der Waals surface area contributed by atoms with Crippen LogP contribution in [0.2, 0.25) is 0 Å². The lowest BCUT2D eigenvalue weighted by Gasteiger charge is -2.27. The molecule has 2 heteroatoms. The van der Waals surface area contributed by atoms with Crippen molar-refractivity contribution in [3.63, 3.8) is 0 Å². The van der Waals surface area contributed by atoms with Gasteiger partial charge in [-0.3, -0.25) is 4.79 Å². The van der Waals surface area contributed by atoms with Crippen LogP contribution in [-0.4, -0.2) is 11.9 Å². The fraction of sp³-hybridized carbons (Fsp3) is 0.154. The Balaban J connectivity index is 2.14. The maximum absolute atomic E-state index is 12.1. The van der Waals surface area contributed by atoms with Crippen molar-refractivity contribution in [3.8, 4) is 0 Å². The summed E-state index contributed by atoms with van der Waals surface area (Å²) in [4.78, 5) is 12.1. The first-order valence-electron chi connectivity index (χ1n) is 4.99. The smallest absolute Gasteiger partial charge is 0.207 e. The van der Waals surface area contributed by atoms with E-state index in [1.807, 2.05) is 36.4 Å². The van der Waals surface area contributed by atoms with Crippen molar-refractivity contribution in [2.75, 3.05) is 0 Å². The predicted octanol–water partition coefficient (Wildman–Crippen LogP) is 2.26. The van der Waals surface area contributed by atoms with Crippen molar-refractivity contribution in [1.29, 1.82) is 0 Å². The number of carbonyl (C=O) groups is 1. The lowest BCUT2D eigenvalue weighted by molar-refractivity contribution is 0.0749. The fourth-order valence-electron chi connectivity index (χ4n) is 2.12. The zero-order valence-corrected chi connectivity index (χ0v) is 8.14. The van der Waals surface area contributed by atoms with Gasteiger partial charge in [0.1, 0.15) is 0 Å². The average molecular weight is 198 g/mol. The van der Waals surface area contributed by atoms with Crippen LogP contribution in [0.3, 0.4) is 0 Å². The van der Waals surface area contributed by atoms with E-state index in [0.29, 0.717) is 0 Å². The van der Waals surface area contributed by atoms with E-state index < -0.39 is 0 Å². The molecule has 0 saturated carbocycles. The Bertz CT molecular complexity index is 483. The van der Waals surface area contributed by atoms with Gasteiger partial charge < -0.3 is 4.74 Å². The van der Waals surface area contributed by atoms with E-state index in [0.717, 1.165) is 23.1 Å². The largest absolute Gasteiger partial charge is 0.485 e. The van der Waals surface area contributed by atoms with Crippen molar-refractivity contribution >= 4 is 5.78 Å². The van der Waals surface area contributed by atoms with Gasteiger partial charge in [-0.05, 0) is 23.6 Å². The molecule has 74 valence electrons. The van der Waals surface area contributed by atoms with Gasteiger partial charge in [0.2, 0.25) is 5.78 Å². The lowest BCUT2D eigenvalue weighted by Crippen LogP contribution is -2.32. The molecule has 3 rings (SSSR count). The molecule has 15 heavy (non-hydrogen) atoms. The number of ketones is 1. The first-order valence-corrected chi connectivity index (χ1v) is 4.99. The molecule has 0 spiro atoms. The molecule has 1 heterocycles. The summed E-state index contributed by atoms with van der Waals surface area (Å²) in [5.41, 5.74) is 2.96. The van der Waals surface area contributed by atoms with Gasteiger partial charge in [0.25, 0.3) is 0 Å². The maximum Gasteiger partial charge on any atom is 0.207 e.